The van der Waals surface area contributed by atoms with Gasteiger partial charge in [0.05, 0.1) is 20.7 Å². The molecule has 0 bridgehead atoms. The average molecular weight is 314 g/mol. The lowest BCUT2D eigenvalue weighted by Crippen LogP contribution is -1.99. The van der Waals surface area contributed by atoms with Crippen LogP contribution in [0.5, 0.6) is 5.75 Å². The van der Waals surface area contributed by atoms with Crippen molar-refractivity contribution in [2.24, 2.45) is 0 Å². The van der Waals surface area contributed by atoms with E-state index in [0.29, 0.717) is 12.0 Å². The highest BCUT2D eigenvalue weighted by atomic mass is 32.1. The topological polar surface area (TPSA) is 82.3 Å². The minimum atomic E-state index is -0.551. The predicted molar refractivity (Wildman–Crippen MR) is 82.4 cm³/mol. The number of nitro groups is 1. The van der Waals surface area contributed by atoms with Gasteiger partial charge in [-0.2, -0.15) is 0 Å². The number of aldehydes is 1. The van der Waals surface area contributed by atoms with Crippen LogP contribution in [-0.4, -0.2) is 16.2 Å². The monoisotopic (exact) mass is 314 g/mol. The molecule has 1 aromatic heterocycles. The Kier molecular flexibility index (Phi) is 3.80. The molecular weight excluding hydrogens is 304 g/mol. The number of hydrogen-bond acceptors (Lipinski definition) is 6. The first kappa shape index (κ1) is 14.2. The average Bonchev–Trinajstić information content (AvgIpc) is 2.95. The van der Waals surface area contributed by atoms with Gasteiger partial charge in [-0.1, -0.05) is 12.1 Å². The van der Waals surface area contributed by atoms with Gasteiger partial charge in [0.1, 0.15) is 17.4 Å². The zero-order valence-electron chi connectivity index (χ0n) is 11.3. The summed E-state index contributed by atoms with van der Waals surface area (Å²) in [5, 5.41) is 11.5. The van der Waals surface area contributed by atoms with E-state index in [0.717, 1.165) is 15.2 Å². The van der Waals surface area contributed by atoms with Crippen LogP contribution >= 0.6 is 11.3 Å². The number of carbonyl (C=O) groups excluding carboxylic acids is 1. The van der Waals surface area contributed by atoms with Crippen LogP contribution < -0.4 is 4.74 Å². The van der Waals surface area contributed by atoms with E-state index < -0.39 is 4.92 Å². The number of aromatic nitrogens is 1. The van der Waals surface area contributed by atoms with Crippen LogP contribution in [0.25, 0.3) is 10.2 Å². The Balaban J connectivity index is 1.81. The second kappa shape index (κ2) is 5.90. The molecule has 7 heteroatoms. The minimum Gasteiger partial charge on any atom is -0.486 e. The number of thiazole rings is 1. The Bertz CT molecular complexity index is 827. The number of nitro benzene ring substituents is 1. The van der Waals surface area contributed by atoms with Gasteiger partial charge < -0.3 is 4.74 Å². The highest BCUT2D eigenvalue weighted by Gasteiger charge is 2.12. The van der Waals surface area contributed by atoms with E-state index in [1.165, 1.54) is 29.5 Å². The maximum absolute atomic E-state index is 11.0. The third kappa shape index (κ3) is 2.79. The van der Waals surface area contributed by atoms with Gasteiger partial charge in [0.15, 0.2) is 6.29 Å². The summed E-state index contributed by atoms with van der Waals surface area (Å²) in [7, 11) is 0. The third-order valence-electron chi connectivity index (χ3n) is 3.02. The summed E-state index contributed by atoms with van der Waals surface area (Å²) in [4.78, 5) is 25.6. The Morgan fingerprint density at radius 3 is 2.82 bits per heavy atom. The van der Waals surface area contributed by atoms with E-state index in [9.17, 15) is 14.9 Å². The van der Waals surface area contributed by atoms with E-state index >= 15 is 0 Å². The predicted octanol–water partition coefficient (Wildman–Crippen LogP) is 3.60. The molecule has 6 nitrogen and oxygen atoms in total. The van der Waals surface area contributed by atoms with E-state index in [4.69, 9.17) is 4.74 Å². The number of rotatable bonds is 5. The van der Waals surface area contributed by atoms with Gasteiger partial charge in [0.25, 0.3) is 5.69 Å². The molecule has 0 spiro atoms. The first-order valence-electron chi connectivity index (χ1n) is 6.38. The van der Waals surface area contributed by atoms with Gasteiger partial charge in [-0.25, -0.2) is 4.98 Å². The van der Waals surface area contributed by atoms with Crippen LogP contribution in [0.2, 0.25) is 0 Å². The second-order valence-corrected chi connectivity index (χ2v) is 5.58. The Morgan fingerprint density at radius 1 is 1.27 bits per heavy atom. The van der Waals surface area contributed by atoms with Gasteiger partial charge in [-0.15, -0.1) is 11.3 Å². The minimum absolute atomic E-state index is 0.144. The Hall–Kier alpha value is -2.80. The first-order chi connectivity index (χ1) is 10.7. The van der Waals surface area contributed by atoms with Gasteiger partial charge in [0, 0.05) is 12.1 Å². The molecule has 110 valence electrons. The van der Waals surface area contributed by atoms with Crippen molar-refractivity contribution < 1.29 is 14.5 Å². The van der Waals surface area contributed by atoms with Gasteiger partial charge in [0.2, 0.25) is 0 Å². The number of fused-ring (bicyclic) bond motifs is 1. The molecule has 0 unspecified atom stereocenters. The molecule has 0 amide bonds. The van der Waals surface area contributed by atoms with Crippen LogP contribution in [0.1, 0.15) is 15.4 Å². The summed E-state index contributed by atoms with van der Waals surface area (Å²) >= 11 is 1.51. The number of para-hydroxylation sites is 1. The molecule has 0 aliphatic heterocycles. The zero-order valence-corrected chi connectivity index (χ0v) is 12.1. The van der Waals surface area contributed by atoms with Crippen molar-refractivity contribution in [3.63, 3.8) is 0 Å². The van der Waals surface area contributed by atoms with E-state index in [1.54, 1.807) is 0 Å². The van der Waals surface area contributed by atoms with Crippen molar-refractivity contribution in [2.45, 2.75) is 6.61 Å². The molecule has 0 radical (unpaired) electrons. The normalized spacial score (nSPS) is 10.5. The van der Waals surface area contributed by atoms with E-state index in [-0.39, 0.29) is 17.9 Å². The Morgan fingerprint density at radius 2 is 2.09 bits per heavy atom. The maximum atomic E-state index is 11.0. The fourth-order valence-electron chi connectivity index (χ4n) is 1.99. The van der Waals surface area contributed by atoms with E-state index in [1.807, 2.05) is 24.3 Å². The number of ether oxygens (including phenoxy) is 1. The quantitative estimate of drug-likeness (QED) is 0.408. The molecule has 3 rings (SSSR count). The molecule has 0 aliphatic rings. The summed E-state index contributed by atoms with van der Waals surface area (Å²) in [6.07, 6.45) is 0.542. The maximum Gasteiger partial charge on any atom is 0.270 e. The van der Waals surface area contributed by atoms with Crippen LogP contribution in [0.3, 0.4) is 0 Å². The van der Waals surface area contributed by atoms with E-state index in [2.05, 4.69) is 4.98 Å². The molecule has 22 heavy (non-hydrogen) atoms. The van der Waals surface area contributed by atoms with Gasteiger partial charge >= 0.3 is 0 Å². The van der Waals surface area contributed by atoms with Crippen LogP contribution in [-0.2, 0) is 6.61 Å². The molecule has 1 heterocycles. The van der Waals surface area contributed by atoms with Crippen LogP contribution in [0, 0.1) is 10.1 Å². The number of carbonyl (C=O) groups is 1. The fraction of sp³-hybridized carbons (Fsp3) is 0.0667. The molecule has 0 aliphatic carbocycles. The fourth-order valence-corrected chi connectivity index (χ4v) is 2.87. The van der Waals surface area contributed by atoms with Gasteiger partial charge in [-0.3, -0.25) is 14.9 Å². The number of hydrogen-bond donors (Lipinski definition) is 0. The van der Waals surface area contributed by atoms with Crippen molar-refractivity contribution in [3.05, 3.63) is 63.1 Å². The lowest BCUT2D eigenvalue weighted by Gasteiger charge is -2.06. The van der Waals surface area contributed by atoms with Crippen LogP contribution in [0.15, 0.2) is 42.5 Å². The molecule has 2 aromatic carbocycles. The van der Waals surface area contributed by atoms with Crippen molar-refractivity contribution in [1.82, 2.24) is 4.98 Å². The van der Waals surface area contributed by atoms with Crippen molar-refractivity contribution >= 4 is 33.5 Å². The summed E-state index contributed by atoms with van der Waals surface area (Å²) in [5.74, 6) is 0.305. The largest absolute Gasteiger partial charge is 0.486 e. The lowest BCUT2D eigenvalue weighted by atomic mass is 10.2. The molecule has 0 atom stereocenters. The smallest absolute Gasteiger partial charge is 0.270 e. The summed E-state index contributed by atoms with van der Waals surface area (Å²) in [6, 6.07) is 11.7. The molecule has 0 saturated heterocycles. The first-order valence-corrected chi connectivity index (χ1v) is 7.20. The summed E-state index contributed by atoms with van der Waals surface area (Å²) in [6.45, 7) is 0.206. The van der Waals surface area contributed by atoms with Crippen LogP contribution in [0.4, 0.5) is 5.69 Å². The molecule has 3 aromatic rings. The second-order valence-electron chi connectivity index (χ2n) is 4.46. The zero-order chi connectivity index (χ0) is 15.5. The van der Waals surface area contributed by atoms with Crippen molar-refractivity contribution in [3.8, 4) is 5.75 Å². The lowest BCUT2D eigenvalue weighted by molar-refractivity contribution is -0.384. The SMILES string of the molecule is O=Cc1cc([N+](=O)[O-])ccc1OCc1nc2ccccc2s1. The number of non-ortho nitro benzene ring substituents is 1. The Labute approximate surface area is 129 Å². The number of benzene rings is 2. The molecule has 0 saturated carbocycles. The summed E-state index contributed by atoms with van der Waals surface area (Å²) in [5.41, 5.74) is 0.898. The molecule has 0 N–H and O–H groups in total. The molecule has 0 fully saturated rings. The third-order valence-corrected chi connectivity index (χ3v) is 4.03. The highest BCUT2D eigenvalue weighted by Crippen LogP contribution is 2.26. The standard InChI is InChI=1S/C15H10N2O4S/c18-8-10-7-11(17(19)20)5-6-13(10)21-9-15-16-12-3-1-2-4-14(12)22-15/h1-8H,9H2. The van der Waals surface area contributed by atoms with Crippen molar-refractivity contribution in [1.29, 1.82) is 0 Å². The molecular formula is C15H10N2O4S. The highest BCUT2D eigenvalue weighted by molar-refractivity contribution is 7.18. The van der Waals surface area contributed by atoms with Crippen molar-refractivity contribution in [2.75, 3.05) is 0 Å². The summed E-state index contributed by atoms with van der Waals surface area (Å²) < 4.78 is 6.63. The number of nitrogens with zero attached hydrogens (tertiary/aromatic N) is 2. The van der Waals surface area contributed by atoms with Gasteiger partial charge in [-0.05, 0) is 18.2 Å².